The molecule has 0 saturated heterocycles. The molecule has 2 aromatic rings. The molecule has 3 N–H and O–H groups in total. The molecule has 0 spiro atoms. The van der Waals surface area contributed by atoms with Gasteiger partial charge in [-0.25, -0.2) is 18.1 Å². The van der Waals surface area contributed by atoms with Crippen LogP contribution in [0.25, 0.3) is 16.6 Å². The molecule has 9 heteroatoms. The number of hydrogen-bond acceptors (Lipinski definition) is 5. The molecule has 0 aromatic carbocycles. The molecule has 2 aromatic heterocycles. The fourth-order valence-electron chi connectivity index (χ4n) is 3.98. The summed E-state index contributed by atoms with van der Waals surface area (Å²) in [6, 6.07) is 1.96. The van der Waals surface area contributed by atoms with Crippen molar-refractivity contribution in [1.29, 1.82) is 0 Å². The van der Waals surface area contributed by atoms with Gasteiger partial charge in [-0.1, -0.05) is 0 Å². The van der Waals surface area contributed by atoms with Crippen LogP contribution in [-0.4, -0.2) is 42.3 Å². The van der Waals surface area contributed by atoms with Crippen LogP contribution in [0, 0.1) is 5.92 Å². The normalized spacial score (nSPS) is 23.5. The Bertz CT molecular complexity index is 948. The number of aromatic amines is 1. The fraction of sp³-hybridized carbons (Fsp3) is 0.471. The second-order valence-electron chi connectivity index (χ2n) is 6.94. The Labute approximate surface area is 153 Å². The second-order valence-corrected chi connectivity index (χ2v) is 8.98. The molecule has 1 saturated carbocycles. The molecular weight excluding hydrogens is 353 g/mol. The van der Waals surface area contributed by atoms with Gasteiger partial charge in [0.25, 0.3) is 0 Å². The average molecular weight is 375 g/mol. The molecule has 3 heterocycles. The van der Waals surface area contributed by atoms with E-state index in [0.717, 1.165) is 47.9 Å². The Hall–Kier alpha value is -1.84. The Morgan fingerprint density at radius 2 is 2.15 bits per heavy atom. The molecule has 7 nitrogen and oxygen atoms in total. The van der Waals surface area contributed by atoms with Crippen molar-refractivity contribution in [3.05, 3.63) is 30.0 Å². The van der Waals surface area contributed by atoms with Crippen molar-refractivity contribution in [2.24, 2.45) is 5.92 Å². The van der Waals surface area contributed by atoms with E-state index in [4.69, 9.17) is 4.65 Å². The van der Waals surface area contributed by atoms with Crippen LogP contribution in [0.3, 0.4) is 0 Å². The summed E-state index contributed by atoms with van der Waals surface area (Å²) < 4.78 is 31.9. The minimum Gasteiger partial charge on any atom is -0.531 e. The van der Waals surface area contributed by atoms with Crippen LogP contribution in [0.15, 0.2) is 24.4 Å². The number of fused-ring (bicyclic) bond motifs is 3. The third-order valence-corrected chi connectivity index (χ3v) is 6.76. The van der Waals surface area contributed by atoms with E-state index in [9.17, 15) is 13.4 Å². The van der Waals surface area contributed by atoms with E-state index >= 15 is 0 Å². The highest BCUT2D eigenvalue weighted by Gasteiger charge is 2.33. The van der Waals surface area contributed by atoms with Crippen LogP contribution in [0.5, 0.6) is 5.75 Å². The van der Waals surface area contributed by atoms with Crippen molar-refractivity contribution in [3.63, 3.8) is 0 Å². The molecule has 1 aliphatic carbocycles. The lowest BCUT2D eigenvalue weighted by Gasteiger charge is -2.33. The molecule has 1 fully saturated rings. The van der Waals surface area contributed by atoms with Crippen molar-refractivity contribution >= 4 is 33.7 Å². The first-order valence-corrected chi connectivity index (χ1v) is 10.6. The fourth-order valence-corrected chi connectivity index (χ4v) is 4.89. The zero-order valence-electron chi connectivity index (χ0n) is 14.6. The molecule has 2 aliphatic rings. The molecule has 0 atom stereocenters. The summed E-state index contributed by atoms with van der Waals surface area (Å²) >= 11 is 0. The zero-order chi connectivity index (χ0) is 18.3. The molecule has 26 heavy (non-hydrogen) atoms. The van der Waals surface area contributed by atoms with Crippen molar-refractivity contribution in [1.82, 2.24) is 14.7 Å². The monoisotopic (exact) mass is 375 g/mol. The number of nitrogens with zero attached hydrogens (tertiary/aromatic N) is 1. The molecule has 0 bridgehead atoms. The molecule has 0 unspecified atom stereocenters. The quantitative estimate of drug-likeness (QED) is 0.708. The first-order chi connectivity index (χ1) is 12.5. The third-order valence-electron chi connectivity index (χ3n) is 5.30. The van der Waals surface area contributed by atoms with Gasteiger partial charge >= 0.3 is 7.12 Å². The Morgan fingerprint density at radius 1 is 1.38 bits per heavy atom. The van der Waals surface area contributed by atoms with Gasteiger partial charge in [0, 0.05) is 23.2 Å². The van der Waals surface area contributed by atoms with Gasteiger partial charge in [0.15, 0.2) is 0 Å². The Balaban J connectivity index is 1.58. The molecule has 0 radical (unpaired) electrons. The Morgan fingerprint density at radius 3 is 2.88 bits per heavy atom. The number of rotatable bonds is 4. The molecule has 0 amide bonds. The summed E-state index contributed by atoms with van der Waals surface area (Å²) in [6.07, 6.45) is 6.79. The number of hydrogen-bond donors (Lipinski definition) is 3. The van der Waals surface area contributed by atoms with Crippen LogP contribution in [-0.2, 0) is 10.0 Å². The molecular formula is C17H22BN3O4S. The van der Waals surface area contributed by atoms with Gasteiger partial charge in [0.05, 0.1) is 11.9 Å². The number of sulfonamides is 1. The van der Waals surface area contributed by atoms with Gasteiger partial charge in [-0.2, -0.15) is 0 Å². The van der Waals surface area contributed by atoms with E-state index in [1.54, 1.807) is 19.1 Å². The predicted molar refractivity (Wildman–Crippen MR) is 101 cm³/mol. The van der Waals surface area contributed by atoms with E-state index in [0.29, 0.717) is 5.75 Å². The van der Waals surface area contributed by atoms with Crippen LogP contribution < -0.4 is 9.38 Å². The number of nitrogens with one attached hydrogen (secondary N) is 2. The van der Waals surface area contributed by atoms with Gasteiger partial charge < -0.3 is 14.7 Å². The van der Waals surface area contributed by atoms with Crippen molar-refractivity contribution < 1.29 is 18.1 Å². The highest BCUT2D eigenvalue weighted by molar-refractivity contribution is 7.89. The number of aromatic nitrogens is 2. The lowest BCUT2D eigenvalue weighted by Crippen LogP contribution is -2.38. The average Bonchev–Trinajstić information content (AvgIpc) is 3.10. The smallest absolute Gasteiger partial charge is 0.531 e. The van der Waals surface area contributed by atoms with Gasteiger partial charge in [-0.3, -0.25) is 0 Å². The minimum atomic E-state index is -3.18. The van der Waals surface area contributed by atoms with Crippen LogP contribution >= 0.6 is 0 Å². The predicted octanol–water partition coefficient (Wildman–Crippen LogP) is 1.86. The van der Waals surface area contributed by atoms with Crippen LogP contribution in [0.2, 0.25) is 0 Å². The summed E-state index contributed by atoms with van der Waals surface area (Å²) in [5.41, 5.74) is 2.85. The highest BCUT2D eigenvalue weighted by atomic mass is 32.2. The van der Waals surface area contributed by atoms with E-state index in [2.05, 4.69) is 14.7 Å². The van der Waals surface area contributed by atoms with Crippen molar-refractivity contribution in [3.8, 4) is 5.75 Å². The second kappa shape index (κ2) is 6.72. The van der Waals surface area contributed by atoms with Crippen molar-refractivity contribution in [2.75, 3.05) is 5.75 Å². The maximum absolute atomic E-state index is 11.8. The Kier molecular flexibility index (Phi) is 4.54. The molecule has 138 valence electrons. The topological polar surface area (TPSA) is 104 Å². The number of H-pyrrole nitrogens is 1. The SMILES string of the molecule is CCS(=O)(=O)N[C@H]1CC[C@H](C2=CB(O)Oc3cnc4[nH]ccc4c32)CC1. The maximum Gasteiger partial charge on any atom is 0.552 e. The van der Waals surface area contributed by atoms with Gasteiger partial charge in [0.2, 0.25) is 10.0 Å². The third kappa shape index (κ3) is 3.26. The molecule has 4 rings (SSSR count). The molecule has 1 aliphatic heterocycles. The van der Waals surface area contributed by atoms with Crippen molar-refractivity contribution in [2.45, 2.75) is 38.6 Å². The van der Waals surface area contributed by atoms with E-state index < -0.39 is 17.1 Å². The zero-order valence-corrected chi connectivity index (χ0v) is 15.4. The van der Waals surface area contributed by atoms with Gasteiger partial charge in [-0.05, 0) is 56.1 Å². The number of pyridine rings is 1. The lowest BCUT2D eigenvalue weighted by atomic mass is 9.72. The minimum absolute atomic E-state index is 0.00856. The van der Waals surface area contributed by atoms with E-state index in [1.807, 2.05) is 12.3 Å². The number of allylic oxidation sites excluding steroid dienone is 1. The van der Waals surface area contributed by atoms with Crippen LogP contribution in [0.1, 0.15) is 38.2 Å². The van der Waals surface area contributed by atoms with E-state index in [1.165, 1.54) is 0 Å². The summed E-state index contributed by atoms with van der Waals surface area (Å²) in [5, 5.41) is 11.1. The summed E-state index contributed by atoms with van der Waals surface area (Å²) in [7, 11) is -4.16. The van der Waals surface area contributed by atoms with Gasteiger partial charge in [-0.15, -0.1) is 0 Å². The lowest BCUT2D eigenvalue weighted by molar-refractivity contribution is 0.361. The highest BCUT2D eigenvalue weighted by Crippen LogP contribution is 2.43. The summed E-state index contributed by atoms with van der Waals surface area (Å²) in [6.45, 7) is 1.65. The maximum atomic E-state index is 11.8. The largest absolute Gasteiger partial charge is 0.552 e. The summed E-state index contributed by atoms with van der Waals surface area (Å²) in [4.78, 5) is 7.45. The first-order valence-electron chi connectivity index (χ1n) is 8.99. The van der Waals surface area contributed by atoms with E-state index in [-0.39, 0.29) is 17.7 Å². The first kappa shape index (κ1) is 17.6. The standard InChI is InChI=1S/C17H22BN3O4S/c1-2-26(23,24)21-12-5-3-11(4-6-12)14-9-18(22)25-15-10-20-17-13(16(14)15)7-8-19-17/h7-12,21-22H,2-6H2,1H3,(H,19,20)/t11-,12-. The van der Waals surface area contributed by atoms with Crippen LogP contribution in [0.4, 0.5) is 0 Å². The summed E-state index contributed by atoms with van der Waals surface area (Å²) in [5.74, 6) is 2.73. The van der Waals surface area contributed by atoms with Gasteiger partial charge in [0.1, 0.15) is 11.4 Å².